The van der Waals surface area contributed by atoms with Gasteiger partial charge in [0.25, 0.3) is 5.91 Å². The van der Waals surface area contributed by atoms with Crippen molar-refractivity contribution in [2.24, 2.45) is 0 Å². The summed E-state index contributed by atoms with van der Waals surface area (Å²) in [5.41, 5.74) is 0. The van der Waals surface area contributed by atoms with Crippen LogP contribution < -0.4 is 0 Å². The van der Waals surface area contributed by atoms with Crippen LogP contribution in [0.1, 0.15) is 10.6 Å². The zero-order valence-corrected chi connectivity index (χ0v) is 12.7. The summed E-state index contributed by atoms with van der Waals surface area (Å²) in [7, 11) is 1.80. The summed E-state index contributed by atoms with van der Waals surface area (Å²) >= 11 is 0. The molecular weight excluding hydrogens is 286 g/mol. The Morgan fingerprint density at radius 3 is 2.73 bits per heavy atom. The molecule has 2 aliphatic heterocycles. The molecule has 2 saturated heterocycles. The van der Waals surface area contributed by atoms with Gasteiger partial charge in [-0.1, -0.05) is 0 Å². The summed E-state index contributed by atoms with van der Waals surface area (Å²) < 4.78 is 10.7. The number of amides is 2. The Bertz CT molecular complexity index is 523. The van der Waals surface area contributed by atoms with Crippen LogP contribution in [0.4, 0.5) is 0 Å². The Morgan fingerprint density at radius 1 is 1.32 bits per heavy atom. The quantitative estimate of drug-likeness (QED) is 0.780. The van der Waals surface area contributed by atoms with Crippen molar-refractivity contribution in [2.75, 3.05) is 52.9 Å². The Kier molecular flexibility index (Phi) is 4.44. The lowest BCUT2D eigenvalue weighted by molar-refractivity contribution is -0.148. The molecule has 0 radical (unpaired) electrons. The molecule has 1 atom stereocenters. The summed E-state index contributed by atoms with van der Waals surface area (Å²) in [6.07, 6.45) is 1.57. The van der Waals surface area contributed by atoms with E-state index in [0.29, 0.717) is 25.4 Å². The first-order chi connectivity index (χ1) is 10.6. The highest BCUT2D eigenvalue weighted by atomic mass is 16.5. The highest BCUT2D eigenvalue weighted by Crippen LogP contribution is 2.12. The van der Waals surface area contributed by atoms with Gasteiger partial charge in [0, 0.05) is 46.3 Å². The van der Waals surface area contributed by atoms with Crippen molar-refractivity contribution in [2.45, 2.75) is 6.10 Å². The number of furan rings is 1. The van der Waals surface area contributed by atoms with E-state index in [-0.39, 0.29) is 24.5 Å². The standard InChI is InChI=1S/C15H21N3O4/c1-16-9-12(22-11-14(16)19)10-17-4-6-18(7-5-17)15(20)13-3-2-8-21-13/h2-3,8,12H,4-7,9-11H2,1H3. The maximum Gasteiger partial charge on any atom is 0.289 e. The predicted octanol–water partition coefficient (Wildman–Crippen LogP) is -0.105. The first-order valence-electron chi connectivity index (χ1n) is 7.54. The number of nitrogens with zero attached hydrogens (tertiary/aromatic N) is 3. The minimum atomic E-state index is -0.0519. The van der Waals surface area contributed by atoms with Gasteiger partial charge in [-0.3, -0.25) is 14.5 Å². The van der Waals surface area contributed by atoms with Crippen molar-refractivity contribution in [1.29, 1.82) is 0 Å². The maximum absolute atomic E-state index is 12.2. The summed E-state index contributed by atoms with van der Waals surface area (Å²) in [5, 5.41) is 0. The van der Waals surface area contributed by atoms with Crippen LogP contribution >= 0.6 is 0 Å². The second-order valence-electron chi connectivity index (χ2n) is 5.78. The fourth-order valence-electron chi connectivity index (χ4n) is 2.85. The number of hydrogen-bond acceptors (Lipinski definition) is 5. The Morgan fingerprint density at radius 2 is 2.09 bits per heavy atom. The molecule has 2 fully saturated rings. The van der Waals surface area contributed by atoms with Crippen LogP contribution in [0.3, 0.4) is 0 Å². The molecule has 22 heavy (non-hydrogen) atoms. The van der Waals surface area contributed by atoms with Crippen LogP contribution in [0, 0.1) is 0 Å². The van der Waals surface area contributed by atoms with Gasteiger partial charge in [0.2, 0.25) is 5.91 Å². The van der Waals surface area contributed by atoms with Gasteiger partial charge in [0.05, 0.1) is 12.4 Å². The lowest BCUT2D eigenvalue weighted by Gasteiger charge is -2.38. The Hall–Kier alpha value is -1.86. The average Bonchev–Trinajstić information content (AvgIpc) is 3.05. The number of carbonyl (C=O) groups excluding carboxylic acids is 2. The van der Waals surface area contributed by atoms with Crippen molar-refractivity contribution < 1.29 is 18.7 Å². The zero-order valence-electron chi connectivity index (χ0n) is 12.7. The maximum atomic E-state index is 12.2. The molecule has 7 heteroatoms. The average molecular weight is 307 g/mol. The Labute approximate surface area is 129 Å². The van der Waals surface area contributed by atoms with Gasteiger partial charge in [-0.05, 0) is 12.1 Å². The van der Waals surface area contributed by atoms with Gasteiger partial charge in [0.1, 0.15) is 6.61 Å². The van der Waals surface area contributed by atoms with E-state index in [9.17, 15) is 9.59 Å². The molecule has 1 aromatic heterocycles. The van der Waals surface area contributed by atoms with Gasteiger partial charge in [-0.2, -0.15) is 0 Å². The summed E-state index contributed by atoms with van der Waals surface area (Å²) in [5.74, 6) is 0.373. The van der Waals surface area contributed by atoms with E-state index in [0.717, 1.165) is 19.6 Å². The Balaban J connectivity index is 1.46. The molecule has 3 heterocycles. The van der Waals surface area contributed by atoms with Crippen LogP contribution in [0.2, 0.25) is 0 Å². The van der Waals surface area contributed by atoms with Gasteiger partial charge in [-0.25, -0.2) is 0 Å². The predicted molar refractivity (Wildman–Crippen MR) is 78.4 cm³/mol. The van der Waals surface area contributed by atoms with Crippen LogP contribution in [0.25, 0.3) is 0 Å². The van der Waals surface area contributed by atoms with Crippen molar-refractivity contribution in [3.63, 3.8) is 0 Å². The van der Waals surface area contributed by atoms with Gasteiger partial charge < -0.3 is 19.0 Å². The molecule has 120 valence electrons. The van der Waals surface area contributed by atoms with E-state index in [1.54, 1.807) is 24.1 Å². The van der Waals surface area contributed by atoms with Gasteiger partial charge >= 0.3 is 0 Å². The molecule has 2 amide bonds. The molecule has 0 spiro atoms. The molecule has 3 rings (SSSR count). The second kappa shape index (κ2) is 6.50. The third kappa shape index (κ3) is 3.31. The lowest BCUT2D eigenvalue weighted by Crippen LogP contribution is -2.54. The summed E-state index contributed by atoms with van der Waals surface area (Å²) in [6, 6.07) is 3.42. The molecule has 2 aliphatic rings. The van der Waals surface area contributed by atoms with Crippen LogP contribution in [-0.2, 0) is 9.53 Å². The molecule has 1 unspecified atom stereocenters. The number of piperazine rings is 1. The fourth-order valence-corrected chi connectivity index (χ4v) is 2.85. The third-order valence-electron chi connectivity index (χ3n) is 4.20. The van der Waals surface area contributed by atoms with E-state index < -0.39 is 0 Å². The van der Waals surface area contributed by atoms with Crippen LogP contribution in [0.15, 0.2) is 22.8 Å². The summed E-state index contributed by atoms with van der Waals surface area (Å²) in [6.45, 7) is 4.57. The number of rotatable bonds is 3. The lowest BCUT2D eigenvalue weighted by atomic mass is 10.2. The van der Waals surface area contributed by atoms with Gasteiger partial charge in [-0.15, -0.1) is 0 Å². The smallest absolute Gasteiger partial charge is 0.289 e. The number of morpholine rings is 1. The normalized spacial score (nSPS) is 23.9. The molecule has 0 saturated carbocycles. The van der Waals surface area contributed by atoms with Crippen LogP contribution in [0.5, 0.6) is 0 Å². The number of carbonyl (C=O) groups is 2. The first-order valence-corrected chi connectivity index (χ1v) is 7.54. The zero-order chi connectivity index (χ0) is 15.5. The van der Waals surface area contributed by atoms with E-state index in [1.807, 2.05) is 4.90 Å². The molecule has 1 aromatic rings. The van der Waals surface area contributed by atoms with E-state index in [1.165, 1.54) is 6.26 Å². The second-order valence-corrected chi connectivity index (χ2v) is 5.78. The van der Waals surface area contributed by atoms with Gasteiger partial charge in [0.15, 0.2) is 5.76 Å². The minimum absolute atomic E-state index is 0.0325. The van der Waals surface area contributed by atoms with Crippen molar-refractivity contribution in [3.05, 3.63) is 24.2 Å². The highest BCUT2D eigenvalue weighted by Gasteiger charge is 2.28. The number of ether oxygens (including phenoxy) is 1. The van der Waals surface area contributed by atoms with E-state index in [2.05, 4.69) is 4.90 Å². The SMILES string of the molecule is CN1CC(CN2CCN(C(=O)c3ccco3)CC2)OCC1=O. The third-order valence-corrected chi connectivity index (χ3v) is 4.20. The van der Waals surface area contributed by atoms with Crippen molar-refractivity contribution in [1.82, 2.24) is 14.7 Å². The minimum Gasteiger partial charge on any atom is -0.459 e. The number of likely N-dealkylation sites (N-methyl/N-ethyl adjacent to an activating group) is 1. The highest BCUT2D eigenvalue weighted by molar-refractivity contribution is 5.91. The topological polar surface area (TPSA) is 66.2 Å². The van der Waals surface area contributed by atoms with Crippen molar-refractivity contribution in [3.8, 4) is 0 Å². The molecule has 0 aromatic carbocycles. The molecular formula is C15H21N3O4. The molecule has 0 bridgehead atoms. The first kappa shape index (κ1) is 15.1. The van der Waals surface area contributed by atoms with E-state index in [4.69, 9.17) is 9.15 Å². The van der Waals surface area contributed by atoms with Crippen LogP contribution in [-0.4, -0.2) is 85.5 Å². The summed E-state index contributed by atoms with van der Waals surface area (Å²) in [4.78, 5) is 29.4. The molecule has 0 N–H and O–H groups in total. The molecule has 7 nitrogen and oxygen atoms in total. The van der Waals surface area contributed by atoms with E-state index >= 15 is 0 Å². The fraction of sp³-hybridized carbons (Fsp3) is 0.600. The number of hydrogen-bond donors (Lipinski definition) is 0. The van der Waals surface area contributed by atoms with Crippen molar-refractivity contribution >= 4 is 11.8 Å². The molecule has 0 aliphatic carbocycles. The monoisotopic (exact) mass is 307 g/mol. The largest absolute Gasteiger partial charge is 0.459 e.